The molecule has 0 bridgehead atoms. The Morgan fingerprint density at radius 2 is 2.11 bits per heavy atom. The van der Waals surface area contributed by atoms with Gasteiger partial charge in [0, 0.05) is 12.8 Å². The monoisotopic (exact) mass is 255 g/mol. The highest BCUT2D eigenvalue weighted by atomic mass is 16.5. The van der Waals surface area contributed by atoms with Crippen molar-refractivity contribution in [1.82, 2.24) is 9.97 Å². The molecule has 0 saturated carbocycles. The molecule has 1 aromatic heterocycles. The number of hydrogen-bond acceptors (Lipinski definition) is 5. The summed E-state index contributed by atoms with van der Waals surface area (Å²) in [7, 11) is 1.64. The summed E-state index contributed by atoms with van der Waals surface area (Å²) in [6.45, 7) is 2.30. The molecule has 0 aliphatic carbocycles. The minimum absolute atomic E-state index is 0.172. The molecule has 0 radical (unpaired) electrons. The van der Waals surface area contributed by atoms with Crippen molar-refractivity contribution in [3.63, 3.8) is 0 Å². The maximum Gasteiger partial charge on any atom is 0.323 e. The van der Waals surface area contributed by atoms with Crippen LogP contribution in [0, 0.1) is 18.3 Å². The number of aromatic nitrogens is 2. The molecule has 0 atom stereocenters. The molecule has 1 aromatic carbocycles. The summed E-state index contributed by atoms with van der Waals surface area (Å²) in [6, 6.07) is 11.2. The van der Waals surface area contributed by atoms with E-state index in [4.69, 9.17) is 14.7 Å². The average molecular weight is 255 g/mol. The summed E-state index contributed by atoms with van der Waals surface area (Å²) in [5, 5.41) is 8.85. The fourth-order valence-corrected chi connectivity index (χ4v) is 1.62. The Balaban J connectivity index is 2.23. The van der Waals surface area contributed by atoms with Crippen LogP contribution < -0.4 is 4.74 Å². The molecule has 2 rings (SSSR count). The van der Waals surface area contributed by atoms with E-state index in [0.29, 0.717) is 18.1 Å². The van der Waals surface area contributed by atoms with Gasteiger partial charge in [0.2, 0.25) is 0 Å². The molecule has 19 heavy (non-hydrogen) atoms. The Morgan fingerprint density at radius 3 is 2.84 bits per heavy atom. The second-order valence-electron chi connectivity index (χ2n) is 3.97. The van der Waals surface area contributed by atoms with Crippen LogP contribution in [0.1, 0.15) is 17.0 Å². The summed E-state index contributed by atoms with van der Waals surface area (Å²) in [5.74, 6) is 0.615. The number of ether oxygens (including phenoxy) is 2. The lowest BCUT2D eigenvalue weighted by Crippen LogP contribution is -1.97. The predicted octanol–water partition coefficient (Wildman–Crippen LogP) is 2.60. The van der Waals surface area contributed by atoms with Gasteiger partial charge >= 0.3 is 6.01 Å². The van der Waals surface area contributed by atoms with Gasteiger partial charge in [-0.25, -0.2) is 4.98 Å². The molecule has 0 aliphatic heterocycles. The van der Waals surface area contributed by atoms with Gasteiger partial charge in [-0.05, 0) is 30.7 Å². The van der Waals surface area contributed by atoms with Crippen molar-refractivity contribution in [2.45, 2.75) is 13.5 Å². The first-order valence-corrected chi connectivity index (χ1v) is 5.73. The third kappa shape index (κ3) is 3.50. The van der Waals surface area contributed by atoms with E-state index in [9.17, 15) is 0 Å². The second-order valence-corrected chi connectivity index (χ2v) is 3.97. The minimum Gasteiger partial charge on any atom is -0.424 e. The van der Waals surface area contributed by atoms with Crippen LogP contribution in [0.15, 0.2) is 30.3 Å². The molecular formula is C14H13N3O2. The van der Waals surface area contributed by atoms with Gasteiger partial charge in [-0.15, -0.1) is 0 Å². The van der Waals surface area contributed by atoms with Gasteiger partial charge in [0.25, 0.3) is 0 Å². The lowest BCUT2D eigenvalue weighted by molar-refractivity contribution is 0.184. The Kier molecular flexibility index (Phi) is 4.06. The van der Waals surface area contributed by atoms with E-state index in [1.165, 1.54) is 0 Å². The highest BCUT2D eigenvalue weighted by molar-refractivity contribution is 5.31. The van der Waals surface area contributed by atoms with E-state index in [2.05, 4.69) is 9.97 Å². The molecule has 0 N–H and O–H groups in total. The smallest absolute Gasteiger partial charge is 0.323 e. The summed E-state index contributed by atoms with van der Waals surface area (Å²) < 4.78 is 10.6. The molecule has 0 fully saturated rings. The molecule has 0 spiro atoms. The van der Waals surface area contributed by atoms with Gasteiger partial charge in [0.15, 0.2) is 0 Å². The first-order chi connectivity index (χ1) is 9.21. The first kappa shape index (κ1) is 13.0. The maximum absolute atomic E-state index is 8.85. The third-order valence-electron chi connectivity index (χ3n) is 2.37. The summed E-state index contributed by atoms with van der Waals surface area (Å²) in [4.78, 5) is 8.13. The fourth-order valence-electron chi connectivity index (χ4n) is 1.62. The van der Waals surface area contributed by atoms with Gasteiger partial charge in [0.1, 0.15) is 17.5 Å². The topological polar surface area (TPSA) is 68.0 Å². The Labute approximate surface area is 111 Å². The summed E-state index contributed by atoms with van der Waals surface area (Å²) in [5.41, 5.74) is 1.97. The largest absolute Gasteiger partial charge is 0.424 e. The second kappa shape index (κ2) is 5.94. The third-order valence-corrected chi connectivity index (χ3v) is 2.37. The molecule has 5 nitrogen and oxygen atoms in total. The molecular weight excluding hydrogens is 242 g/mol. The molecule has 1 heterocycles. The van der Waals surface area contributed by atoms with Crippen LogP contribution in [0.3, 0.4) is 0 Å². The highest BCUT2D eigenvalue weighted by Gasteiger charge is 2.05. The molecule has 0 aliphatic rings. The molecule has 0 unspecified atom stereocenters. The Bertz CT molecular complexity index is 620. The zero-order valence-electron chi connectivity index (χ0n) is 10.8. The average Bonchev–Trinajstić information content (AvgIpc) is 2.39. The van der Waals surface area contributed by atoms with Crippen LogP contribution in [0.4, 0.5) is 0 Å². The van der Waals surface area contributed by atoms with Crippen molar-refractivity contribution < 1.29 is 9.47 Å². The highest BCUT2D eigenvalue weighted by Crippen LogP contribution is 2.20. The number of nitriles is 1. The van der Waals surface area contributed by atoms with E-state index in [1.54, 1.807) is 26.2 Å². The minimum atomic E-state index is 0.172. The molecule has 2 aromatic rings. The summed E-state index contributed by atoms with van der Waals surface area (Å²) in [6.07, 6.45) is 0. The Morgan fingerprint density at radius 1 is 1.26 bits per heavy atom. The lowest BCUT2D eigenvalue weighted by Gasteiger charge is -2.06. The number of benzene rings is 1. The van der Waals surface area contributed by atoms with Crippen molar-refractivity contribution in [2.24, 2.45) is 0 Å². The van der Waals surface area contributed by atoms with Crippen molar-refractivity contribution in [2.75, 3.05) is 7.11 Å². The van der Waals surface area contributed by atoms with Gasteiger partial charge in [-0.1, -0.05) is 12.1 Å². The zero-order valence-corrected chi connectivity index (χ0v) is 10.8. The van der Waals surface area contributed by atoms with Crippen molar-refractivity contribution in [3.8, 4) is 17.8 Å². The summed E-state index contributed by atoms with van der Waals surface area (Å²) >= 11 is 0. The predicted molar refractivity (Wildman–Crippen MR) is 68.7 cm³/mol. The normalized spacial score (nSPS) is 9.95. The molecule has 5 heteroatoms. The number of rotatable bonds is 4. The quantitative estimate of drug-likeness (QED) is 0.840. The van der Waals surface area contributed by atoms with Crippen LogP contribution in [-0.4, -0.2) is 17.1 Å². The van der Waals surface area contributed by atoms with E-state index in [0.717, 1.165) is 5.56 Å². The molecule has 0 saturated heterocycles. The van der Waals surface area contributed by atoms with Crippen LogP contribution in [0.25, 0.3) is 0 Å². The van der Waals surface area contributed by atoms with Gasteiger partial charge in [0.05, 0.1) is 6.61 Å². The number of methoxy groups -OCH3 is 1. The first-order valence-electron chi connectivity index (χ1n) is 5.73. The van der Waals surface area contributed by atoms with E-state index < -0.39 is 0 Å². The van der Waals surface area contributed by atoms with Gasteiger partial charge in [-0.2, -0.15) is 10.2 Å². The van der Waals surface area contributed by atoms with E-state index >= 15 is 0 Å². The van der Waals surface area contributed by atoms with Crippen LogP contribution >= 0.6 is 0 Å². The Hall–Kier alpha value is -2.45. The molecule has 0 amide bonds. The van der Waals surface area contributed by atoms with Crippen molar-refractivity contribution in [3.05, 3.63) is 47.3 Å². The number of nitrogens with zero attached hydrogens (tertiary/aromatic N) is 3. The van der Waals surface area contributed by atoms with Crippen LogP contribution in [0.2, 0.25) is 0 Å². The fraction of sp³-hybridized carbons (Fsp3) is 0.214. The number of aryl methyl sites for hydroxylation is 1. The number of hydrogen-bond donors (Lipinski definition) is 0. The van der Waals surface area contributed by atoms with Crippen molar-refractivity contribution >= 4 is 0 Å². The standard InChI is InChI=1S/C14H13N3O2/c1-10-6-12(8-15)17-14(16-10)19-13-5-3-4-11(7-13)9-18-2/h3-7H,9H2,1-2H3. The maximum atomic E-state index is 8.85. The van der Waals surface area contributed by atoms with Crippen molar-refractivity contribution in [1.29, 1.82) is 5.26 Å². The van der Waals surface area contributed by atoms with Gasteiger partial charge < -0.3 is 9.47 Å². The van der Waals surface area contributed by atoms with Crippen LogP contribution in [0.5, 0.6) is 11.8 Å². The SMILES string of the molecule is COCc1cccc(Oc2nc(C)cc(C#N)n2)c1. The zero-order chi connectivity index (χ0) is 13.7. The van der Waals surface area contributed by atoms with E-state index in [-0.39, 0.29) is 11.7 Å². The van der Waals surface area contributed by atoms with E-state index in [1.807, 2.05) is 24.3 Å². The van der Waals surface area contributed by atoms with Crippen LogP contribution in [-0.2, 0) is 11.3 Å². The lowest BCUT2D eigenvalue weighted by atomic mass is 10.2. The van der Waals surface area contributed by atoms with Gasteiger partial charge in [-0.3, -0.25) is 0 Å². The molecule has 96 valence electrons.